The highest BCUT2D eigenvalue weighted by Gasteiger charge is 2.11. The lowest BCUT2D eigenvalue weighted by Crippen LogP contribution is -2.18. The van der Waals surface area contributed by atoms with Gasteiger partial charge in [0.1, 0.15) is 0 Å². The zero-order valence-electron chi connectivity index (χ0n) is 9.49. The lowest BCUT2D eigenvalue weighted by atomic mass is 10.1. The Balaban J connectivity index is 2.65. The van der Waals surface area contributed by atoms with Crippen molar-refractivity contribution in [1.29, 1.82) is 0 Å². The Bertz CT molecular complexity index is 483. The molecule has 1 unspecified atom stereocenters. The van der Waals surface area contributed by atoms with Crippen LogP contribution in [0.2, 0.25) is 0 Å². The molecule has 0 aliphatic heterocycles. The molecule has 1 aromatic carbocycles. The van der Waals surface area contributed by atoms with E-state index in [4.69, 9.17) is 5.73 Å². The van der Waals surface area contributed by atoms with Gasteiger partial charge in [0.25, 0.3) is 0 Å². The Morgan fingerprint density at radius 2 is 2.20 bits per heavy atom. The topological polar surface area (TPSA) is 43.8 Å². The number of fused-ring (bicyclic) bond motifs is 1. The van der Waals surface area contributed by atoms with E-state index >= 15 is 0 Å². The number of nitrogens with two attached hydrogens (primary N) is 1. The highest BCUT2D eigenvalue weighted by Crippen LogP contribution is 2.22. The molecule has 1 heterocycles. The van der Waals surface area contributed by atoms with Crippen LogP contribution < -0.4 is 5.73 Å². The molecule has 2 rings (SSSR count). The summed E-state index contributed by atoms with van der Waals surface area (Å²) in [6.07, 6.45) is 0.836. The van der Waals surface area contributed by atoms with Crippen LogP contribution in [0.3, 0.4) is 0 Å². The number of nitrogens with zero attached hydrogens (tertiary/aromatic N) is 2. The van der Waals surface area contributed by atoms with Crippen LogP contribution in [0, 0.1) is 6.92 Å². The fraction of sp³-hybridized carbons (Fsp3) is 0.417. The van der Waals surface area contributed by atoms with E-state index in [2.05, 4.69) is 30.2 Å². The Labute approximate surface area is 89.9 Å². The quantitative estimate of drug-likeness (QED) is 0.808. The number of hydrogen-bond donors (Lipinski definition) is 1. The van der Waals surface area contributed by atoms with Crippen LogP contribution in [-0.4, -0.2) is 15.8 Å². The van der Waals surface area contributed by atoms with Gasteiger partial charge >= 0.3 is 0 Å². The number of rotatable bonds is 2. The first-order valence-corrected chi connectivity index (χ1v) is 5.26. The van der Waals surface area contributed by atoms with Crippen molar-refractivity contribution in [2.24, 2.45) is 12.8 Å². The van der Waals surface area contributed by atoms with Gasteiger partial charge in [0.05, 0.1) is 11.2 Å². The monoisotopic (exact) mass is 203 g/mol. The molecule has 0 saturated carbocycles. The standard InChI is InChI=1S/C12H17N3/c1-8-5-4-6-11-12(8)10(7-9(2)13)14-15(11)3/h4-6,9H,7,13H2,1-3H3. The van der Waals surface area contributed by atoms with Crippen molar-refractivity contribution in [2.75, 3.05) is 0 Å². The fourth-order valence-corrected chi connectivity index (χ4v) is 2.03. The van der Waals surface area contributed by atoms with Crippen LogP contribution in [0.25, 0.3) is 10.9 Å². The van der Waals surface area contributed by atoms with Crippen LogP contribution >= 0.6 is 0 Å². The second kappa shape index (κ2) is 3.66. The molecular weight excluding hydrogens is 186 g/mol. The average molecular weight is 203 g/mol. The average Bonchev–Trinajstić information content (AvgIpc) is 2.44. The first kappa shape index (κ1) is 10.2. The zero-order chi connectivity index (χ0) is 11.0. The van der Waals surface area contributed by atoms with Gasteiger partial charge in [0, 0.05) is 24.9 Å². The summed E-state index contributed by atoms with van der Waals surface area (Å²) in [6, 6.07) is 6.44. The highest BCUT2D eigenvalue weighted by molar-refractivity contribution is 5.85. The predicted molar refractivity (Wildman–Crippen MR) is 62.8 cm³/mol. The van der Waals surface area contributed by atoms with E-state index in [1.54, 1.807) is 0 Å². The summed E-state index contributed by atoms with van der Waals surface area (Å²) in [4.78, 5) is 0. The van der Waals surface area contributed by atoms with Crippen LogP contribution in [0.15, 0.2) is 18.2 Å². The second-order valence-electron chi connectivity index (χ2n) is 4.22. The molecule has 0 fully saturated rings. The van der Waals surface area contributed by atoms with Gasteiger partial charge in [-0.2, -0.15) is 5.10 Å². The van der Waals surface area contributed by atoms with Gasteiger partial charge in [0.15, 0.2) is 0 Å². The van der Waals surface area contributed by atoms with Crippen LogP contribution in [-0.2, 0) is 13.5 Å². The first-order valence-electron chi connectivity index (χ1n) is 5.26. The summed E-state index contributed by atoms with van der Waals surface area (Å²) in [7, 11) is 1.98. The minimum absolute atomic E-state index is 0.155. The normalized spacial score (nSPS) is 13.3. The van der Waals surface area contributed by atoms with Gasteiger partial charge < -0.3 is 5.73 Å². The molecule has 1 atom stereocenters. The predicted octanol–water partition coefficient (Wildman–Crippen LogP) is 1.77. The Kier molecular flexibility index (Phi) is 2.49. The number of hydrogen-bond acceptors (Lipinski definition) is 2. The van der Waals surface area contributed by atoms with Crippen LogP contribution in [0.4, 0.5) is 0 Å². The van der Waals surface area contributed by atoms with E-state index in [1.807, 2.05) is 18.7 Å². The fourth-order valence-electron chi connectivity index (χ4n) is 2.03. The minimum Gasteiger partial charge on any atom is -0.328 e. The summed E-state index contributed by atoms with van der Waals surface area (Å²) < 4.78 is 1.93. The Morgan fingerprint density at radius 1 is 1.47 bits per heavy atom. The van der Waals surface area contributed by atoms with Crippen molar-refractivity contribution in [3.05, 3.63) is 29.5 Å². The van der Waals surface area contributed by atoms with Gasteiger partial charge in [0.2, 0.25) is 0 Å². The van der Waals surface area contributed by atoms with E-state index in [-0.39, 0.29) is 6.04 Å². The van der Waals surface area contributed by atoms with Gasteiger partial charge in [-0.1, -0.05) is 12.1 Å². The van der Waals surface area contributed by atoms with Crippen molar-refractivity contribution in [2.45, 2.75) is 26.3 Å². The molecule has 0 spiro atoms. The molecule has 0 amide bonds. The van der Waals surface area contributed by atoms with Gasteiger partial charge in [-0.05, 0) is 25.5 Å². The molecule has 0 aliphatic rings. The lowest BCUT2D eigenvalue weighted by Gasteiger charge is -2.02. The number of benzene rings is 1. The van der Waals surface area contributed by atoms with Crippen LogP contribution in [0.5, 0.6) is 0 Å². The van der Waals surface area contributed by atoms with Crippen molar-refractivity contribution in [1.82, 2.24) is 9.78 Å². The zero-order valence-corrected chi connectivity index (χ0v) is 9.49. The van der Waals surface area contributed by atoms with Gasteiger partial charge in [-0.25, -0.2) is 0 Å². The molecule has 80 valence electrons. The maximum Gasteiger partial charge on any atom is 0.0721 e. The molecule has 1 aromatic heterocycles. The molecular formula is C12H17N3. The number of aryl methyl sites for hydroxylation is 2. The third-order valence-corrected chi connectivity index (χ3v) is 2.67. The lowest BCUT2D eigenvalue weighted by molar-refractivity contribution is 0.693. The van der Waals surface area contributed by atoms with Crippen molar-refractivity contribution < 1.29 is 0 Å². The summed E-state index contributed by atoms with van der Waals surface area (Å²) >= 11 is 0. The summed E-state index contributed by atoms with van der Waals surface area (Å²) in [5.74, 6) is 0. The molecule has 0 bridgehead atoms. The molecule has 0 aliphatic carbocycles. The maximum atomic E-state index is 5.83. The number of aromatic nitrogens is 2. The van der Waals surface area contributed by atoms with Crippen molar-refractivity contribution >= 4 is 10.9 Å². The van der Waals surface area contributed by atoms with Crippen LogP contribution in [0.1, 0.15) is 18.2 Å². The maximum absolute atomic E-state index is 5.83. The van der Waals surface area contributed by atoms with E-state index in [1.165, 1.54) is 16.5 Å². The molecule has 0 radical (unpaired) electrons. The molecule has 3 nitrogen and oxygen atoms in total. The summed E-state index contributed by atoms with van der Waals surface area (Å²) in [5.41, 5.74) is 9.40. The molecule has 3 heteroatoms. The van der Waals surface area contributed by atoms with Crippen molar-refractivity contribution in [3.8, 4) is 0 Å². The summed E-state index contributed by atoms with van der Waals surface area (Å²) in [5, 5.41) is 5.79. The first-order chi connectivity index (χ1) is 7.09. The summed E-state index contributed by atoms with van der Waals surface area (Å²) in [6.45, 7) is 4.13. The van der Waals surface area contributed by atoms with E-state index < -0.39 is 0 Å². The van der Waals surface area contributed by atoms with E-state index in [0.29, 0.717) is 0 Å². The smallest absolute Gasteiger partial charge is 0.0721 e. The third kappa shape index (κ3) is 1.75. The largest absolute Gasteiger partial charge is 0.328 e. The molecule has 0 saturated heterocycles. The Hall–Kier alpha value is -1.35. The molecule has 15 heavy (non-hydrogen) atoms. The van der Waals surface area contributed by atoms with E-state index in [9.17, 15) is 0 Å². The van der Waals surface area contributed by atoms with Crippen molar-refractivity contribution in [3.63, 3.8) is 0 Å². The molecule has 2 N–H and O–H groups in total. The molecule has 2 aromatic rings. The third-order valence-electron chi connectivity index (χ3n) is 2.67. The van der Waals surface area contributed by atoms with Gasteiger partial charge in [-0.3, -0.25) is 4.68 Å². The SMILES string of the molecule is Cc1cccc2c1c(CC(C)N)nn2C. The minimum atomic E-state index is 0.155. The second-order valence-corrected chi connectivity index (χ2v) is 4.22. The van der Waals surface area contributed by atoms with Gasteiger partial charge in [-0.15, -0.1) is 0 Å². The van der Waals surface area contributed by atoms with E-state index in [0.717, 1.165) is 12.1 Å². The highest BCUT2D eigenvalue weighted by atomic mass is 15.3. The Morgan fingerprint density at radius 3 is 2.87 bits per heavy atom.